The lowest BCUT2D eigenvalue weighted by Gasteiger charge is -2.09. The Labute approximate surface area is 186 Å². The molecule has 0 aromatic heterocycles. The summed E-state index contributed by atoms with van der Waals surface area (Å²) < 4.78 is 16.3. The maximum absolute atomic E-state index is 6.02. The fourth-order valence-corrected chi connectivity index (χ4v) is 3.01. The lowest BCUT2D eigenvalue weighted by Crippen LogP contribution is -2.06. The van der Waals surface area contributed by atoms with Crippen LogP contribution in [0.3, 0.4) is 0 Å². The molecule has 0 bridgehead atoms. The van der Waals surface area contributed by atoms with Crippen LogP contribution in [0.1, 0.15) is 16.7 Å². The zero-order valence-corrected chi connectivity index (χ0v) is 18.2. The van der Waals surface area contributed by atoms with Gasteiger partial charge in [0.25, 0.3) is 0 Å². The minimum atomic E-state index is 0.414. The number of ether oxygens (including phenoxy) is 3. The molecule has 0 aliphatic rings. The molecule has 0 saturated carbocycles. The Morgan fingerprint density at radius 3 is 2.27 bits per heavy atom. The van der Waals surface area contributed by atoms with E-state index in [1.165, 1.54) is 0 Å². The monoisotopic (exact) mass is 444 g/mol. The lowest BCUT2D eigenvalue weighted by atomic mass is 10.2. The maximum Gasteiger partial charge on any atom is 0.161 e. The number of nitrogens with zero attached hydrogens (tertiary/aromatic N) is 1. The first kappa shape index (κ1) is 21.8. The minimum absolute atomic E-state index is 0.414. The number of hydrogen-bond acceptors (Lipinski definition) is 5. The van der Waals surface area contributed by atoms with Gasteiger partial charge >= 0.3 is 0 Å². The molecule has 7 heteroatoms. The average Bonchev–Trinajstić information content (AvgIpc) is 2.78. The van der Waals surface area contributed by atoms with Crippen molar-refractivity contribution in [3.05, 3.63) is 87.4 Å². The van der Waals surface area contributed by atoms with Gasteiger partial charge < -0.3 is 19.6 Å². The van der Waals surface area contributed by atoms with Crippen molar-refractivity contribution in [3.8, 4) is 17.2 Å². The van der Waals surface area contributed by atoms with E-state index in [0.29, 0.717) is 34.7 Å². The lowest BCUT2D eigenvalue weighted by molar-refractivity contribution is 0.306. The van der Waals surface area contributed by atoms with E-state index in [1.54, 1.807) is 32.6 Å². The van der Waals surface area contributed by atoms with E-state index in [-0.39, 0.29) is 0 Å². The van der Waals surface area contributed by atoms with Crippen molar-refractivity contribution in [2.75, 3.05) is 14.2 Å². The van der Waals surface area contributed by atoms with Crippen LogP contribution >= 0.6 is 23.2 Å². The highest BCUT2D eigenvalue weighted by molar-refractivity contribution is 6.42. The third kappa shape index (κ3) is 6.05. The van der Waals surface area contributed by atoms with Crippen molar-refractivity contribution in [1.82, 2.24) is 5.43 Å². The predicted octanol–water partition coefficient (Wildman–Crippen LogP) is 5.71. The number of nitrogens with one attached hydrogen (secondary N) is 1. The summed E-state index contributed by atoms with van der Waals surface area (Å²) in [6.07, 6.45) is 1.75. The van der Waals surface area contributed by atoms with E-state index in [2.05, 4.69) is 10.5 Å². The van der Waals surface area contributed by atoms with Crippen molar-refractivity contribution in [1.29, 1.82) is 0 Å². The summed E-state index contributed by atoms with van der Waals surface area (Å²) in [7, 11) is 3.23. The van der Waals surface area contributed by atoms with Gasteiger partial charge in [0.15, 0.2) is 11.5 Å². The normalized spacial score (nSPS) is 10.8. The molecule has 3 aromatic carbocycles. The largest absolute Gasteiger partial charge is 0.493 e. The van der Waals surface area contributed by atoms with E-state index in [9.17, 15) is 0 Å². The molecule has 156 valence electrons. The summed E-state index contributed by atoms with van der Waals surface area (Å²) in [6, 6.07) is 18.9. The van der Waals surface area contributed by atoms with Gasteiger partial charge in [-0.25, -0.2) is 0 Å². The van der Waals surface area contributed by atoms with Crippen LogP contribution < -0.4 is 19.6 Å². The van der Waals surface area contributed by atoms with Gasteiger partial charge in [0, 0.05) is 0 Å². The van der Waals surface area contributed by atoms with Gasteiger partial charge in [0.05, 0.1) is 37.0 Å². The molecule has 0 saturated heterocycles. The number of hydrazone groups is 1. The SMILES string of the molecule is COc1ccc(CN/N=C/c2ccc(OCc3ccc(Cl)c(Cl)c3)cc2)cc1OC. The van der Waals surface area contributed by atoms with Gasteiger partial charge in [0.1, 0.15) is 12.4 Å². The molecule has 0 aliphatic carbocycles. The predicted molar refractivity (Wildman–Crippen MR) is 121 cm³/mol. The Morgan fingerprint density at radius 2 is 1.57 bits per heavy atom. The van der Waals surface area contributed by atoms with Gasteiger partial charge in [-0.15, -0.1) is 0 Å². The molecule has 0 radical (unpaired) electrons. The highest BCUT2D eigenvalue weighted by Crippen LogP contribution is 2.27. The topological polar surface area (TPSA) is 52.1 Å². The number of halogens is 2. The summed E-state index contributed by atoms with van der Waals surface area (Å²) in [5, 5.41) is 5.31. The third-order valence-corrected chi connectivity index (χ3v) is 5.04. The molecule has 0 atom stereocenters. The fourth-order valence-electron chi connectivity index (χ4n) is 2.69. The fraction of sp³-hybridized carbons (Fsp3) is 0.174. The molecule has 0 spiro atoms. The van der Waals surface area contributed by atoms with Crippen LogP contribution in [0.2, 0.25) is 10.0 Å². The van der Waals surface area contributed by atoms with Crippen molar-refractivity contribution in [2.24, 2.45) is 5.10 Å². The van der Waals surface area contributed by atoms with Gasteiger partial charge in [-0.1, -0.05) is 35.3 Å². The van der Waals surface area contributed by atoms with Crippen molar-refractivity contribution < 1.29 is 14.2 Å². The molecule has 0 unspecified atom stereocenters. The maximum atomic E-state index is 6.02. The number of rotatable bonds is 9. The van der Waals surface area contributed by atoms with E-state index < -0.39 is 0 Å². The second-order valence-electron chi connectivity index (χ2n) is 6.39. The van der Waals surface area contributed by atoms with Crippen LogP contribution in [0.15, 0.2) is 65.8 Å². The third-order valence-electron chi connectivity index (χ3n) is 4.31. The van der Waals surface area contributed by atoms with Gasteiger partial charge in [0.2, 0.25) is 0 Å². The number of methoxy groups -OCH3 is 2. The van der Waals surface area contributed by atoms with Crippen molar-refractivity contribution >= 4 is 29.4 Å². The van der Waals surface area contributed by atoms with Crippen molar-refractivity contribution in [3.63, 3.8) is 0 Å². The Morgan fingerprint density at radius 1 is 0.833 bits per heavy atom. The van der Waals surface area contributed by atoms with Crippen LogP contribution in [0.25, 0.3) is 0 Å². The Balaban J connectivity index is 1.49. The van der Waals surface area contributed by atoms with Crippen LogP contribution in [-0.4, -0.2) is 20.4 Å². The quantitative estimate of drug-likeness (QED) is 0.339. The second-order valence-corrected chi connectivity index (χ2v) is 7.20. The Hall–Kier alpha value is -2.89. The first-order valence-corrected chi connectivity index (χ1v) is 9.98. The molecule has 3 rings (SSSR count). The van der Waals surface area contributed by atoms with E-state index in [1.807, 2.05) is 48.5 Å². The van der Waals surface area contributed by atoms with Gasteiger partial charge in [-0.3, -0.25) is 0 Å². The summed E-state index contributed by atoms with van der Waals surface area (Å²) in [6.45, 7) is 0.985. The van der Waals surface area contributed by atoms with Crippen LogP contribution in [0.5, 0.6) is 17.2 Å². The average molecular weight is 445 g/mol. The molecule has 0 fully saturated rings. The first-order valence-electron chi connectivity index (χ1n) is 9.22. The highest BCUT2D eigenvalue weighted by Gasteiger charge is 2.04. The van der Waals surface area contributed by atoms with E-state index in [4.69, 9.17) is 37.4 Å². The smallest absolute Gasteiger partial charge is 0.161 e. The van der Waals surface area contributed by atoms with E-state index in [0.717, 1.165) is 22.4 Å². The van der Waals surface area contributed by atoms with Crippen LogP contribution in [-0.2, 0) is 13.2 Å². The minimum Gasteiger partial charge on any atom is -0.493 e. The first-order chi connectivity index (χ1) is 14.6. The summed E-state index contributed by atoms with van der Waals surface area (Å²) in [5.74, 6) is 2.15. The summed E-state index contributed by atoms with van der Waals surface area (Å²) in [4.78, 5) is 0. The molecule has 0 amide bonds. The van der Waals surface area contributed by atoms with Gasteiger partial charge in [-0.2, -0.15) is 5.10 Å². The Kier molecular flexibility index (Phi) is 7.82. The van der Waals surface area contributed by atoms with Gasteiger partial charge in [-0.05, 0) is 65.2 Å². The molecule has 1 N–H and O–H groups in total. The van der Waals surface area contributed by atoms with Crippen LogP contribution in [0.4, 0.5) is 0 Å². The molecule has 0 aliphatic heterocycles. The molecule has 5 nitrogen and oxygen atoms in total. The molecule has 3 aromatic rings. The van der Waals surface area contributed by atoms with Crippen molar-refractivity contribution in [2.45, 2.75) is 13.2 Å². The molecule has 0 heterocycles. The number of hydrogen-bond donors (Lipinski definition) is 1. The zero-order valence-electron chi connectivity index (χ0n) is 16.7. The zero-order chi connectivity index (χ0) is 21.3. The highest BCUT2D eigenvalue weighted by atomic mass is 35.5. The molecule has 30 heavy (non-hydrogen) atoms. The molecular weight excluding hydrogens is 423 g/mol. The molecular formula is C23H22Cl2N2O3. The summed E-state index contributed by atoms with van der Waals surface area (Å²) in [5.41, 5.74) is 5.97. The number of benzene rings is 3. The Bertz CT molecular complexity index is 1010. The van der Waals surface area contributed by atoms with E-state index >= 15 is 0 Å². The van der Waals surface area contributed by atoms with Crippen LogP contribution in [0, 0.1) is 0 Å². The summed E-state index contributed by atoms with van der Waals surface area (Å²) >= 11 is 12.0. The standard InChI is InChI=1S/C23H22Cl2N2O3/c1-28-22-10-6-17(12-23(22)29-2)14-27-26-13-16-3-7-19(8-4-16)30-15-18-5-9-20(24)21(25)11-18/h3-13,27H,14-15H2,1-2H3/b26-13+. The second kappa shape index (κ2) is 10.8.